The summed E-state index contributed by atoms with van der Waals surface area (Å²) in [5.41, 5.74) is 0.608. The number of likely N-dealkylation sites (N-methyl/N-ethyl adjacent to an activating group) is 1. The van der Waals surface area contributed by atoms with E-state index in [1.807, 2.05) is 0 Å². The fraction of sp³-hybridized carbons (Fsp3) is 0.647. The summed E-state index contributed by atoms with van der Waals surface area (Å²) in [5, 5.41) is 5.83. The Morgan fingerprint density at radius 3 is 2.96 bits per heavy atom. The average molecular weight is 320 g/mol. The van der Waals surface area contributed by atoms with Crippen molar-refractivity contribution in [3.63, 3.8) is 0 Å². The summed E-state index contributed by atoms with van der Waals surface area (Å²) in [6.07, 6.45) is 6.33. The van der Waals surface area contributed by atoms with Gasteiger partial charge in [0.25, 0.3) is 0 Å². The maximum Gasteiger partial charge on any atom is 0.319 e. The molecule has 128 valence electrons. The molecule has 2 N–H and O–H groups in total. The van der Waals surface area contributed by atoms with E-state index in [1.165, 1.54) is 20.0 Å². The summed E-state index contributed by atoms with van der Waals surface area (Å²) >= 11 is 0. The van der Waals surface area contributed by atoms with Gasteiger partial charge in [-0.1, -0.05) is 19.8 Å². The average Bonchev–Trinajstić information content (AvgIpc) is 2.53. The molecule has 0 bridgehead atoms. The van der Waals surface area contributed by atoms with Crippen molar-refractivity contribution in [1.82, 2.24) is 15.2 Å². The number of amides is 2. The highest BCUT2D eigenvalue weighted by atomic mass is 16.5. The van der Waals surface area contributed by atoms with Gasteiger partial charge in [-0.15, -0.1) is 0 Å². The van der Waals surface area contributed by atoms with Crippen molar-refractivity contribution in [2.45, 2.75) is 38.1 Å². The van der Waals surface area contributed by atoms with Crippen LogP contribution in [-0.2, 0) is 0 Å². The van der Waals surface area contributed by atoms with Crippen LogP contribution in [0.2, 0.25) is 0 Å². The summed E-state index contributed by atoms with van der Waals surface area (Å²) < 4.78 is 5.15. The zero-order valence-electron chi connectivity index (χ0n) is 14.6. The van der Waals surface area contributed by atoms with Gasteiger partial charge < -0.3 is 20.3 Å². The molecule has 6 nitrogen and oxygen atoms in total. The highest BCUT2D eigenvalue weighted by molar-refractivity contribution is 5.90. The van der Waals surface area contributed by atoms with Gasteiger partial charge in [-0.05, 0) is 45.0 Å². The number of anilines is 1. The topological polar surface area (TPSA) is 66.5 Å². The number of pyridine rings is 1. The summed E-state index contributed by atoms with van der Waals surface area (Å²) in [4.78, 5) is 18.6. The highest BCUT2D eigenvalue weighted by Crippen LogP contribution is 2.35. The number of carbonyl (C=O) groups is 1. The summed E-state index contributed by atoms with van der Waals surface area (Å²) in [5.74, 6) is 1.10. The monoisotopic (exact) mass is 320 g/mol. The molecule has 2 atom stereocenters. The molecule has 0 unspecified atom stereocenters. The number of urea groups is 1. The predicted octanol–water partition coefficient (Wildman–Crippen LogP) is 2.72. The maximum atomic E-state index is 12.2. The van der Waals surface area contributed by atoms with Gasteiger partial charge in [-0.25, -0.2) is 9.78 Å². The third-order valence-electron chi connectivity index (χ3n) is 4.81. The first-order valence-electron chi connectivity index (χ1n) is 8.18. The summed E-state index contributed by atoms with van der Waals surface area (Å²) in [6.45, 7) is 2.93. The van der Waals surface area contributed by atoms with E-state index in [4.69, 9.17) is 4.74 Å². The molecule has 1 aliphatic carbocycles. The summed E-state index contributed by atoms with van der Waals surface area (Å²) in [6, 6.07) is 3.31. The smallest absolute Gasteiger partial charge is 0.319 e. The first kappa shape index (κ1) is 17.5. The number of aromatic nitrogens is 1. The van der Waals surface area contributed by atoms with E-state index < -0.39 is 0 Å². The highest BCUT2D eigenvalue weighted by Gasteiger charge is 2.37. The van der Waals surface area contributed by atoms with E-state index in [0.29, 0.717) is 24.0 Å². The minimum atomic E-state index is -0.226. The van der Waals surface area contributed by atoms with Crippen molar-refractivity contribution < 1.29 is 9.53 Å². The first-order valence-corrected chi connectivity index (χ1v) is 8.18. The maximum absolute atomic E-state index is 12.2. The number of nitrogens with zero attached hydrogens (tertiary/aromatic N) is 2. The van der Waals surface area contributed by atoms with Crippen molar-refractivity contribution in [1.29, 1.82) is 0 Å². The molecular weight excluding hydrogens is 292 g/mol. The number of ether oxygens (including phenoxy) is 1. The van der Waals surface area contributed by atoms with Gasteiger partial charge in [0.2, 0.25) is 5.88 Å². The number of rotatable bonds is 5. The molecule has 1 heterocycles. The van der Waals surface area contributed by atoms with Crippen LogP contribution in [0.3, 0.4) is 0 Å². The van der Waals surface area contributed by atoms with Crippen molar-refractivity contribution in [2.24, 2.45) is 5.92 Å². The molecule has 0 radical (unpaired) electrons. The molecule has 1 saturated carbocycles. The van der Waals surface area contributed by atoms with Crippen LogP contribution >= 0.6 is 0 Å². The van der Waals surface area contributed by atoms with Crippen molar-refractivity contribution in [3.8, 4) is 5.88 Å². The molecule has 2 rings (SSSR count). The number of hydrogen-bond donors (Lipinski definition) is 2. The van der Waals surface area contributed by atoms with Crippen molar-refractivity contribution in [3.05, 3.63) is 18.3 Å². The number of nitrogens with one attached hydrogen (secondary N) is 2. The second-order valence-electron chi connectivity index (χ2n) is 6.69. The van der Waals surface area contributed by atoms with Crippen LogP contribution in [0.15, 0.2) is 18.3 Å². The van der Waals surface area contributed by atoms with E-state index in [9.17, 15) is 4.79 Å². The second kappa shape index (κ2) is 7.64. The van der Waals surface area contributed by atoms with E-state index in [1.54, 1.807) is 18.3 Å². The molecular formula is C17H28N4O2. The molecule has 0 aliphatic heterocycles. The van der Waals surface area contributed by atoms with Crippen LogP contribution < -0.4 is 15.4 Å². The normalized spacial score (nSPS) is 24.3. The summed E-state index contributed by atoms with van der Waals surface area (Å²) in [7, 11) is 5.74. The Bertz CT molecular complexity index is 535. The SMILES string of the molecule is COc1ncccc1NC(=O)NC[C@@]1(N(C)C)CCC[C@@H](C)C1. The van der Waals surface area contributed by atoms with Crippen molar-refractivity contribution in [2.75, 3.05) is 33.1 Å². The lowest BCUT2D eigenvalue weighted by atomic mass is 9.75. The Labute approximate surface area is 138 Å². The predicted molar refractivity (Wildman–Crippen MR) is 91.9 cm³/mol. The largest absolute Gasteiger partial charge is 0.480 e. The minimum Gasteiger partial charge on any atom is -0.480 e. The van der Waals surface area contributed by atoms with E-state index in [2.05, 4.69) is 41.5 Å². The molecule has 2 amide bonds. The Kier molecular flexibility index (Phi) is 5.82. The van der Waals surface area contributed by atoms with Gasteiger partial charge in [0, 0.05) is 18.3 Å². The molecule has 0 aromatic carbocycles. The zero-order valence-corrected chi connectivity index (χ0v) is 14.6. The van der Waals surface area contributed by atoms with Crippen LogP contribution in [0.1, 0.15) is 32.6 Å². The van der Waals surface area contributed by atoms with Crippen LogP contribution in [0.4, 0.5) is 10.5 Å². The van der Waals surface area contributed by atoms with Crippen LogP contribution in [0.5, 0.6) is 5.88 Å². The Hall–Kier alpha value is -1.82. The van der Waals surface area contributed by atoms with Crippen molar-refractivity contribution >= 4 is 11.7 Å². The first-order chi connectivity index (χ1) is 11.0. The molecule has 1 aromatic rings. The van der Waals surface area contributed by atoms with Gasteiger partial charge in [0.1, 0.15) is 5.69 Å². The Morgan fingerprint density at radius 2 is 2.30 bits per heavy atom. The minimum absolute atomic E-state index is 0.0357. The molecule has 23 heavy (non-hydrogen) atoms. The molecule has 6 heteroatoms. The van der Waals surface area contributed by atoms with Gasteiger partial charge in [0.05, 0.1) is 7.11 Å². The second-order valence-corrected chi connectivity index (χ2v) is 6.69. The lowest BCUT2D eigenvalue weighted by Crippen LogP contribution is -2.55. The number of methoxy groups -OCH3 is 1. The molecule has 0 saturated heterocycles. The van der Waals surface area contributed by atoms with Gasteiger partial charge >= 0.3 is 6.03 Å². The van der Waals surface area contributed by atoms with Gasteiger partial charge in [0.15, 0.2) is 0 Å². The van der Waals surface area contributed by atoms with Gasteiger partial charge in [-0.2, -0.15) is 0 Å². The standard InChI is InChI=1S/C17H28N4O2/c1-13-7-5-9-17(11-13,21(2)3)12-19-16(22)20-14-8-6-10-18-15(14)23-4/h6,8,10,13H,5,7,9,11-12H2,1-4H3,(H2,19,20,22)/t13-,17-/m1/s1. The van der Waals surface area contributed by atoms with E-state index in [-0.39, 0.29) is 11.6 Å². The Balaban J connectivity index is 1.97. The Morgan fingerprint density at radius 1 is 1.52 bits per heavy atom. The molecule has 1 aromatic heterocycles. The van der Waals surface area contributed by atoms with Gasteiger partial charge in [-0.3, -0.25) is 0 Å². The fourth-order valence-electron chi connectivity index (χ4n) is 3.42. The third-order valence-corrected chi connectivity index (χ3v) is 4.81. The van der Waals surface area contributed by atoms with Crippen LogP contribution in [0.25, 0.3) is 0 Å². The molecule has 1 fully saturated rings. The van der Waals surface area contributed by atoms with E-state index >= 15 is 0 Å². The number of carbonyl (C=O) groups excluding carboxylic acids is 1. The fourth-order valence-corrected chi connectivity index (χ4v) is 3.42. The number of hydrogen-bond acceptors (Lipinski definition) is 4. The molecule has 1 aliphatic rings. The lowest BCUT2D eigenvalue weighted by molar-refractivity contribution is 0.0779. The van der Waals surface area contributed by atoms with E-state index in [0.717, 1.165) is 12.8 Å². The van der Waals surface area contributed by atoms with Crippen LogP contribution in [-0.4, -0.2) is 49.2 Å². The lowest BCUT2D eigenvalue weighted by Gasteiger charge is -2.45. The quantitative estimate of drug-likeness (QED) is 0.875. The van der Waals surface area contributed by atoms with Crippen LogP contribution in [0, 0.1) is 5.92 Å². The zero-order chi connectivity index (χ0) is 16.9. The third kappa shape index (κ3) is 4.34. The molecule has 0 spiro atoms.